The zero-order valence-corrected chi connectivity index (χ0v) is 14.0. The van der Waals surface area contributed by atoms with Gasteiger partial charge in [0.05, 0.1) is 11.0 Å². The van der Waals surface area contributed by atoms with Crippen LogP contribution in [0.15, 0.2) is 91.0 Å². The second-order valence-electron chi connectivity index (χ2n) is 6.58. The van der Waals surface area contributed by atoms with Crippen LogP contribution in [0, 0.1) is 0 Å². The van der Waals surface area contributed by atoms with E-state index in [0.29, 0.717) is 0 Å². The van der Waals surface area contributed by atoms with E-state index in [1.165, 1.54) is 38.6 Å². The summed E-state index contributed by atoms with van der Waals surface area (Å²) >= 11 is 0. The molecular formula is C24H19N. The number of hydrogen-bond acceptors (Lipinski definition) is 0. The first-order valence-electron chi connectivity index (χ1n) is 8.86. The molecule has 0 saturated carbocycles. The molecule has 0 aliphatic heterocycles. The fourth-order valence-electron chi connectivity index (χ4n) is 3.87. The number of fused-ring (bicyclic) bond motifs is 3. The van der Waals surface area contributed by atoms with E-state index in [0.717, 1.165) is 12.8 Å². The minimum absolute atomic E-state index is 1.13. The van der Waals surface area contributed by atoms with Gasteiger partial charge in [0.25, 0.3) is 0 Å². The van der Waals surface area contributed by atoms with E-state index in [-0.39, 0.29) is 0 Å². The predicted molar refractivity (Wildman–Crippen MR) is 107 cm³/mol. The van der Waals surface area contributed by atoms with Gasteiger partial charge in [-0.05, 0) is 48.2 Å². The van der Waals surface area contributed by atoms with Crippen molar-refractivity contribution in [3.8, 4) is 5.69 Å². The highest BCUT2D eigenvalue weighted by Gasteiger charge is 2.11. The highest BCUT2D eigenvalue weighted by atomic mass is 15.0. The van der Waals surface area contributed by atoms with E-state index in [4.69, 9.17) is 0 Å². The third-order valence-corrected chi connectivity index (χ3v) is 5.09. The topological polar surface area (TPSA) is 4.93 Å². The summed E-state index contributed by atoms with van der Waals surface area (Å²) in [4.78, 5) is 0. The first kappa shape index (κ1) is 14.3. The molecular weight excluding hydrogens is 302 g/mol. The van der Waals surface area contributed by atoms with Crippen molar-refractivity contribution in [2.75, 3.05) is 0 Å². The van der Waals surface area contributed by atoms with Crippen molar-refractivity contribution in [3.63, 3.8) is 0 Å². The summed E-state index contributed by atoms with van der Waals surface area (Å²) in [7, 11) is 0. The predicted octanol–water partition coefficient (Wildman–Crippen LogP) is 6.52. The van der Waals surface area contributed by atoms with Crippen LogP contribution in [0.5, 0.6) is 0 Å². The first-order valence-corrected chi connectivity index (χ1v) is 8.86. The largest absolute Gasteiger partial charge is 0.309 e. The van der Waals surface area contributed by atoms with E-state index >= 15 is 0 Å². The van der Waals surface area contributed by atoms with Crippen molar-refractivity contribution < 1.29 is 0 Å². The van der Waals surface area contributed by atoms with Gasteiger partial charge in [0.15, 0.2) is 0 Å². The van der Waals surface area contributed by atoms with E-state index in [2.05, 4.69) is 95.6 Å². The Morgan fingerprint density at radius 1 is 0.680 bits per heavy atom. The van der Waals surface area contributed by atoms with Crippen LogP contribution in [0.2, 0.25) is 0 Å². The second kappa shape index (κ2) is 5.78. The molecule has 1 heteroatoms. The number of rotatable bonds is 2. The lowest BCUT2D eigenvalue weighted by atomic mass is 9.97. The minimum atomic E-state index is 1.13. The van der Waals surface area contributed by atoms with Gasteiger partial charge in [-0.3, -0.25) is 0 Å². The third-order valence-electron chi connectivity index (χ3n) is 5.09. The standard InChI is InChI=1S/C24H19N/c1-2-8-18(9-3-1)19-14-16-20(17-15-19)25-23-12-6-4-10-21(23)22-11-5-7-13-24(22)25/h1-2,4-8,10-17H,3,9H2. The Hall–Kier alpha value is -3.06. The lowest BCUT2D eigenvalue weighted by Crippen LogP contribution is -1.94. The van der Waals surface area contributed by atoms with Crippen LogP contribution in [-0.2, 0) is 0 Å². The van der Waals surface area contributed by atoms with Crippen LogP contribution >= 0.6 is 0 Å². The molecule has 0 bridgehead atoms. The molecule has 0 atom stereocenters. The van der Waals surface area contributed by atoms with Crippen LogP contribution in [0.4, 0.5) is 0 Å². The zero-order chi connectivity index (χ0) is 16.6. The minimum Gasteiger partial charge on any atom is -0.309 e. The van der Waals surface area contributed by atoms with Crippen LogP contribution in [0.25, 0.3) is 33.1 Å². The van der Waals surface area contributed by atoms with Gasteiger partial charge in [-0.25, -0.2) is 0 Å². The SMILES string of the molecule is C1=CCCC(c2ccc(-n3c4ccccc4c4ccccc43)cc2)=C1. The molecule has 120 valence electrons. The Morgan fingerprint density at radius 3 is 1.92 bits per heavy atom. The molecule has 5 rings (SSSR count). The lowest BCUT2D eigenvalue weighted by molar-refractivity contribution is 1.05. The molecule has 1 aliphatic rings. The highest BCUT2D eigenvalue weighted by molar-refractivity contribution is 6.09. The quantitative estimate of drug-likeness (QED) is 0.396. The van der Waals surface area contributed by atoms with Crippen LogP contribution in [-0.4, -0.2) is 4.57 Å². The smallest absolute Gasteiger partial charge is 0.0541 e. The van der Waals surface area contributed by atoms with Crippen molar-refractivity contribution in [1.29, 1.82) is 0 Å². The first-order chi connectivity index (χ1) is 12.4. The maximum atomic E-state index is 2.36. The number of nitrogens with zero attached hydrogens (tertiary/aromatic N) is 1. The summed E-state index contributed by atoms with van der Waals surface area (Å²) in [5.41, 5.74) is 6.49. The Bertz CT molecular complexity index is 1070. The summed E-state index contributed by atoms with van der Waals surface area (Å²) in [5, 5.41) is 2.62. The summed E-state index contributed by atoms with van der Waals surface area (Å²) < 4.78 is 2.36. The Balaban J connectivity index is 1.70. The Kier molecular flexibility index (Phi) is 3.31. The molecule has 3 aromatic carbocycles. The summed E-state index contributed by atoms with van der Waals surface area (Å²) in [6, 6.07) is 26.3. The van der Waals surface area contributed by atoms with Crippen LogP contribution in [0.1, 0.15) is 18.4 Å². The van der Waals surface area contributed by atoms with Crippen LogP contribution in [0.3, 0.4) is 0 Å². The third kappa shape index (κ3) is 2.32. The van der Waals surface area contributed by atoms with Gasteiger partial charge in [0, 0.05) is 16.5 Å². The molecule has 25 heavy (non-hydrogen) atoms. The molecule has 0 saturated heterocycles. The maximum Gasteiger partial charge on any atom is 0.0541 e. The average Bonchev–Trinajstić information content (AvgIpc) is 3.03. The number of hydrogen-bond donors (Lipinski definition) is 0. The molecule has 0 unspecified atom stereocenters. The van der Waals surface area contributed by atoms with Crippen molar-refractivity contribution in [2.45, 2.75) is 12.8 Å². The summed E-state index contributed by atoms with van der Waals surface area (Å²) in [5.74, 6) is 0. The fourth-order valence-corrected chi connectivity index (χ4v) is 3.87. The van der Waals surface area contributed by atoms with Gasteiger partial charge in [0.1, 0.15) is 0 Å². The molecule has 1 aliphatic carbocycles. The van der Waals surface area contributed by atoms with Crippen molar-refractivity contribution in [1.82, 2.24) is 4.57 Å². The molecule has 0 radical (unpaired) electrons. The highest BCUT2D eigenvalue weighted by Crippen LogP contribution is 2.32. The summed E-state index contributed by atoms with van der Waals surface area (Å²) in [6.45, 7) is 0. The zero-order valence-electron chi connectivity index (χ0n) is 14.0. The average molecular weight is 321 g/mol. The molecule has 1 nitrogen and oxygen atoms in total. The second-order valence-corrected chi connectivity index (χ2v) is 6.58. The lowest BCUT2D eigenvalue weighted by Gasteiger charge is -2.12. The van der Waals surface area contributed by atoms with Gasteiger partial charge >= 0.3 is 0 Å². The van der Waals surface area contributed by atoms with Gasteiger partial charge in [-0.15, -0.1) is 0 Å². The number of aromatic nitrogens is 1. The molecule has 0 spiro atoms. The maximum absolute atomic E-state index is 2.36. The van der Waals surface area contributed by atoms with Gasteiger partial charge < -0.3 is 4.57 Å². The molecule has 1 heterocycles. The number of allylic oxidation sites excluding steroid dienone is 4. The van der Waals surface area contributed by atoms with E-state index in [9.17, 15) is 0 Å². The van der Waals surface area contributed by atoms with Crippen molar-refractivity contribution >= 4 is 27.4 Å². The molecule has 0 fully saturated rings. The van der Waals surface area contributed by atoms with E-state index in [1.807, 2.05) is 0 Å². The summed E-state index contributed by atoms with van der Waals surface area (Å²) in [6.07, 6.45) is 8.90. The molecule has 4 aromatic rings. The van der Waals surface area contributed by atoms with Gasteiger partial charge in [-0.2, -0.15) is 0 Å². The molecule has 0 amide bonds. The molecule has 0 N–H and O–H groups in total. The number of para-hydroxylation sites is 2. The Morgan fingerprint density at radius 2 is 1.32 bits per heavy atom. The van der Waals surface area contributed by atoms with Crippen LogP contribution < -0.4 is 0 Å². The van der Waals surface area contributed by atoms with Crippen molar-refractivity contribution in [3.05, 3.63) is 96.6 Å². The van der Waals surface area contributed by atoms with E-state index in [1.54, 1.807) is 0 Å². The monoisotopic (exact) mass is 321 g/mol. The van der Waals surface area contributed by atoms with Crippen molar-refractivity contribution in [2.24, 2.45) is 0 Å². The van der Waals surface area contributed by atoms with Gasteiger partial charge in [-0.1, -0.05) is 66.8 Å². The number of benzene rings is 3. The fraction of sp³-hybridized carbons (Fsp3) is 0.0833. The Labute approximate surface area is 147 Å². The van der Waals surface area contributed by atoms with Gasteiger partial charge in [0.2, 0.25) is 0 Å². The normalized spacial score (nSPS) is 14.2. The van der Waals surface area contributed by atoms with E-state index < -0.39 is 0 Å². The molecule has 1 aromatic heterocycles.